The van der Waals surface area contributed by atoms with E-state index in [1.54, 1.807) is 24.3 Å². The van der Waals surface area contributed by atoms with Crippen LogP contribution in [0.2, 0.25) is 5.02 Å². The van der Waals surface area contributed by atoms with Gasteiger partial charge in [0.25, 0.3) is 0 Å². The predicted octanol–water partition coefficient (Wildman–Crippen LogP) is 3.95. The van der Waals surface area contributed by atoms with E-state index >= 15 is 4.39 Å². The third-order valence-electron chi connectivity index (χ3n) is 7.89. The zero-order valence-corrected chi connectivity index (χ0v) is 24.1. The van der Waals surface area contributed by atoms with Crippen LogP contribution in [-0.2, 0) is 21.2 Å². The molecule has 224 valence electrons. The molecule has 3 heterocycles. The minimum atomic E-state index is -3.43. The van der Waals surface area contributed by atoms with Gasteiger partial charge in [0.2, 0.25) is 15.9 Å². The zero-order valence-electron chi connectivity index (χ0n) is 22.6. The van der Waals surface area contributed by atoms with Crippen molar-refractivity contribution in [3.63, 3.8) is 0 Å². The average molecular weight is 622 g/mol. The van der Waals surface area contributed by atoms with Gasteiger partial charge >= 0.3 is 0 Å². The van der Waals surface area contributed by atoms with Gasteiger partial charge < -0.3 is 16.4 Å². The maximum atomic E-state index is 15.1. The van der Waals surface area contributed by atoms with Crippen molar-refractivity contribution in [2.24, 2.45) is 5.73 Å². The highest BCUT2D eigenvalue weighted by molar-refractivity contribution is 7.89. The second kappa shape index (κ2) is 12.7. The van der Waals surface area contributed by atoms with Crippen LogP contribution in [0, 0.1) is 17.5 Å². The molecule has 4 N–H and O–H groups in total. The first-order valence-electron chi connectivity index (χ1n) is 13.6. The van der Waals surface area contributed by atoms with Crippen LogP contribution in [0.15, 0.2) is 54.9 Å². The first kappa shape index (κ1) is 30.4. The number of nitrogens with one attached hydrogen (secondary N) is 2. The fourth-order valence-electron chi connectivity index (χ4n) is 5.78. The van der Waals surface area contributed by atoms with Gasteiger partial charge in [-0.25, -0.2) is 21.6 Å². The molecule has 2 fully saturated rings. The molecule has 2 aliphatic rings. The van der Waals surface area contributed by atoms with E-state index in [4.69, 9.17) is 17.3 Å². The molecule has 0 saturated carbocycles. The molecular weight excluding hydrogens is 591 g/mol. The average Bonchev–Trinajstić information content (AvgIpc) is 3.05. The Bertz CT molecular complexity index is 1540. The van der Waals surface area contributed by atoms with Crippen molar-refractivity contribution in [2.45, 2.75) is 49.7 Å². The second-order valence-electron chi connectivity index (χ2n) is 10.7. The molecule has 2 aliphatic heterocycles. The molecule has 1 amide bonds. The van der Waals surface area contributed by atoms with E-state index < -0.39 is 45.3 Å². The number of aromatic nitrogens is 1. The third-order valence-corrected chi connectivity index (χ3v) is 10.1. The number of anilines is 1. The summed E-state index contributed by atoms with van der Waals surface area (Å²) < 4.78 is 70.6. The van der Waals surface area contributed by atoms with Crippen molar-refractivity contribution in [1.29, 1.82) is 0 Å². The van der Waals surface area contributed by atoms with Crippen molar-refractivity contribution >= 4 is 33.2 Å². The van der Waals surface area contributed by atoms with E-state index in [0.717, 1.165) is 30.8 Å². The first-order chi connectivity index (χ1) is 20.0. The quantitative estimate of drug-likeness (QED) is 0.351. The Morgan fingerprint density at radius 1 is 1.12 bits per heavy atom. The van der Waals surface area contributed by atoms with Gasteiger partial charge in [-0.15, -0.1) is 0 Å². The van der Waals surface area contributed by atoms with E-state index in [0.29, 0.717) is 36.5 Å². The number of sulfonamides is 1. The van der Waals surface area contributed by atoms with Crippen LogP contribution >= 0.6 is 11.6 Å². The molecular formula is C29H31ClF3N5O3S. The van der Waals surface area contributed by atoms with Crippen LogP contribution in [0.3, 0.4) is 0 Å². The summed E-state index contributed by atoms with van der Waals surface area (Å²) in [5, 5.41) is 6.45. The number of carbonyl (C=O) groups is 1. The number of benzene rings is 2. The van der Waals surface area contributed by atoms with Gasteiger partial charge in [-0.1, -0.05) is 23.7 Å². The Labute approximate surface area is 247 Å². The normalized spacial score (nSPS) is 23.0. The Hall–Kier alpha value is -3.03. The van der Waals surface area contributed by atoms with Crippen LogP contribution < -0.4 is 16.4 Å². The zero-order chi connectivity index (χ0) is 30.0. The van der Waals surface area contributed by atoms with Gasteiger partial charge in [-0.3, -0.25) is 9.78 Å². The molecule has 0 spiro atoms. The highest BCUT2D eigenvalue weighted by Crippen LogP contribution is 2.31. The largest absolute Gasteiger partial charge is 0.323 e. The monoisotopic (exact) mass is 621 g/mol. The van der Waals surface area contributed by atoms with Gasteiger partial charge in [0.1, 0.15) is 17.5 Å². The van der Waals surface area contributed by atoms with E-state index in [1.165, 1.54) is 10.5 Å². The molecule has 2 saturated heterocycles. The third kappa shape index (κ3) is 6.78. The van der Waals surface area contributed by atoms with Gasteiger partial charge in [0.15, 0.2) is 0 Å². The number of nitrogens with zero attached hydrogens (tertiary/aromatic N) is 2. The summed E-state index contributed by atoms with van der Waals surface area (Å²) in [7, 11) is -3.43. The number of rotatable bonds is 8. The minimum absolute atomic E-state index is 0.0779. The Balaban J connectivity index is 1.38. The van der Waals surface area contributed by atoms with Crippen molar-refractivity contribution in [3.05, 3.63) is 94.0 Å². The molecule has 0 aliphatic carbocycles. The Morgan fingerprint density at radius 3 is 2.55 bits per heavy atom. The van der Waals surface area contributed by atoms with E-state index in [1.807, 2.05) is 0 Å². The van der Waals surface area contributed by atoms with Gasteiger partial charge in [-0.2, -0.15) is 4.31 Å². The summed E-state index contributed by atoms with van der Waals surface area (Å²) in [6, 6.07) is 7.66. The molecule has 5 rings (SSSR count). The topological polar surface area (TPSA) is 117 Å². The van der Waals surface area contributed by atoms with Crippen molar-refractivity contribution in [3.8, 4) is 0 Å². The van der Waals surface area contributed by atoms with Gasteiger partial charge in [0.05, 0.1) is 29.9 Å². The summed E-state index contributed by atoms with van der Waals surface area (Å²) in [4.78, 5) is 17.3. The number of pyridine rings is 1. The lowest BCUT2D eigenvalue weighted by molar-refractivity contribution is -0.117. The standard InChI is InChI=1S/C29H31ClF3N5O3S/c30-19-5-3-17(4-6-19)27(18-10-20(31)12-21(32)11-18)28(34)29(39)37-26-15-35-14-25(33)24(26)8-7-23-13-36-22-2-1-9-42(40,41)38(23)16-22/h3-6,10-12,14-15,22-23,27-28,36H,1-2,7-9,13,16,34H2,(H,37,39)/t22-,23+,27+,28+/m1/s1. The molecule has 8 nitrogen and oxygen atoms in total. The van der Waals surface area contributed by atoms with E-state index in [2.05, 4.69) is 15.6 Å². The van der Waals surface area contributed by atoms with Crippen molar-refractivity contribution < 1.29 is 26.4 Å². The first-order valence-corrected chi connectivity index (χ1v) is 15.6. The molecule has 0 radical (unpaired) electrons. The molecule has 13 heteroatoms. The number of carbonyl (C=O) groups excluding carboxylic acids is 1. The number of fused-ring (bicyclic) bond motifs is 2. The predicted molar refractivity (Wildman–Crippen MR) is 154 cm³/mol. The number of nitrogens with two attached hydrogens (primary N) is 1. The number of amides is 1. The molecule has 2 bridgehead atoms. The highest BCUT2D eigenvalue weighted by atomic mass is 35.5. The lowest BCUT2D eigenvalue weighted by Crippen LogP contribution is -2.57. The number of hydrogen-bond acceptors (Lipinski definition) is 6. The Kier molecular flexibility index (Phi) is 9.19. The number of halogens is 4. The van der Waals surface area contributed by atoms with Gasteiger partial charge in [0, 0.05) is 47.7 Å². The molecule has 1 unspecified atom stereocenters. The van der Waals surface area contributed by atoms with E-state index in [-0.39, 0.29) is 41.1 Å². The SMILES string of the molecule is N[C@H](C(=O)Nc1cncc(F)c1CC[C@H]1CN[C@@H]2CCCS(=O)(=O)N1C2)[C@@H](c1ccc(Cl)cc1)c1cc(F)cc(F)c1. The van der Waals surface area contributed by atoms with Crippen molar-refractivity contribution in [2.75, 3.05) is 24.2 Å². The van der Waals surface area contributed by atoms with Crippen LogP contribution in [-0.4, -0.2) is 60.6 Å². The second-order valence-corrected chi connectivity index (χ2v) is 13.2. The molecule has 5 atom stereocenters. The van der Waals surface area contributed by atoms with E-state index in [9.17, 15) is 22.0 Å². The highest BCUT2D eigenvalue weighted by Gasteiger charge is 2.38. The smallest absolute Gasteiger partial charge is 0.242 e. The number of piperazine rings is 1. The summed E-state index contributed by atoms with van der Waals surface area (Å²) in [5.74, 6) is -3.94. The summed E-state index contributed by atoms with van der Waals surface area (Å²) in [6.45, 7) is 0.813. The molecule has 42 heavy (non-hydrogen) atoms. The van der Waals surface area contributed by atoms with Crippen LogP contribution in [0.4, 0.5) is 18.9 Å². The maximum Gasteiger partial charge on any atom is 0.242 e. The molecule has 2 aromatic carbocycles. The molecule has 1 aromatic heterocycles. The summed E-state index contributed by atoms with van der Waals surface area (Å²) >= 11 is 6.02. The fourth-order valence-corrected chi connectivity index (χ4v) is 7.71. The maximum absolute atomic E-state index is 15.1. The molecule has 3 aromatic rings. The van der Waals surface area contributed by atoms with Gasteiger partial charge in [-0.05, 0) is 61.1 Å². The minimum Gasteiger partial charge on any atom is -0.323 e. The number of hydrogen-bond donors (Lipinski definition) is 3. The van der Waals surface area contributed by atoms with Crippen LogP contribution in [0.5, 0.6) is 0 Å². The van der Waals surface area contributed by atoms with Crippen LogP contribution in [0.25, 0.3) is 0 Å². The summed E-state index contributed by atoms with van der Waals surface area (Å²) in [5.41, 5.74) is 7.27. The summed E-state index contributed by atoms with van der Waals surface area (Å²) in [6.07, 6.45) is 4.10. The lowest BCUT2D eigenvalue weighted by atomic mass is 9.84. The fraction of sp³-hybridized carbons (Fsp3) is 0.379. The lowest BCUT2D eigenvalue weighted by Gasteiger charge is -2.37. The Morgan fingerprint density at radius 2 is 1.83 bits per heavy atom. The van der Waals surface area contributed by atoms with Crippen LogP contribution in [0.1, 0.15) is 41.9 Å². The van der Waals surface area contributed by atoms with Crippen molar-refractivity contribution in [1.82, 2.24) is 14.6 Å².